The average Bonchev–Trinajstić information content (AvgIpc) is 3.26. The monoisotopic (exact) mass is 593 g/mol. The Morgan fingerprint density at radius 3 is 2.65 bits per heavy atom. The molecular weight excluding hydrogens is 554 g/mol. The highest BCUT2D eigenvalue weighted by atomic mass is 16.6. The Morgan fingerprint density at radius 2 is 1.95 bits per heavy atom. The number of oxime groups is 1. The van der Waals surface area contributed by atoms with Crippen molar-refractivity contribution in [1.82, 2.24) is 5.32 Å². The molecule has 3 fully saturated rings. The molecule has 1 aromatic rings. The molecule has 11 heteroatoms. The fourth-order valence-electron chi connectivity index (χ4n) is 8.58. The molecule has 230 valence electrons. The number of nitrogens with one attached hydrogen (secondary N) is 1. The quantitative estimate of drug-likeness (QED) is 0.200. The van der Waals surface area contributed by atoms with Crippen molar-refractivity contribution in [1.29, 1.82) is 0 Å². The Kier molecular flexibility index (Phi) is 8.13. The van der Waals surface area contributed by atoms with Gasteiger partial charge < -0.3 is 25.5 Å². The van der Waals surface area contributed by atoms with E-state index in [1.807, 2.05) is 0 Å². The van der Waals surface area contributed by atoms with Gasteiger partial charge in [0.15, 0.2) is 12.6 Å². The van der Waals surface area contributed by atoms with Crippen LogP contribution in [0.25, 0.3) is 0 Å². The van der Waals surface area contributed by atoms with Crippen LogP contribution in [-0.4, -0.2) is 56.1 Å². The van der Waals surface area contributed by atoms with Gasteiger partial charge in [-0.15, -0.1) is 6.42 Å². The van der Waals surface area contributed by atoms with E-state index in [0.717, 1.165) is 44.6 Å². The summed E-state index contributed by atoms with van der Waals surface area (Å²) in [6.07, 6.45) is 13.2. The molecular formula is C32H39N3O8. The molecule has 0 spiro atoms. The molecule has 11 nitrogen and oxygen atoms in total. The van der Waals surface area contributed by atoms with Crippen LogP contribution in [0.3, 0.4) is 0 Å². The third-order valence-corrected chi connectivity index (χ3v) is 11.1. The van der Waals surface area contributed by atoms with Gasteiger partial charge in [0.1, 0.15) is 11.7 Å². The van der Waals surface area contributed by atoms with E-state index in [0.29, 0.717) is 36.3 Å². The number of hydrogen-bond donors (Lipinski definition) is 4. The van der Waals surface area contributed by atoms with Crippen molar-refractivity contribution < 1.29 is 34.7 Å². The SMILES string of the molecule is C#C[C@]1(O)CC[C@@H]2[C@@H]3CCC4=C/C(=N\OCC(=O)N[C@H](C(=O)O)[C@H](O)c5cccc([N+](=O)[O-])c5)CC[C@]4(C)[C@H]3CC[C@@]21C. The van der Waals surface area contributed by atoms with Crippen molar-refractivity contribution in [2.75, 3.05) is 6.61 Å². The van der Waals surface area contributed by atoms with Crippen LogP contribution in [0.5, 0.6) is 0 Å². The van der Waals surface area contributed by atoms with Gasteiger partial charge in [-0.2, -0.15) is 0 Å². The molecule has 4 aliphatic carbocycles. The van der Waals surface area contributed by atoms with Crippen molar-refractivity contribution in [3.8, 4) is 12.3 Å². The maximum absolute atomic E-state index is 12.5. The van der Waals surface area contributed by atoms with Crippen LogP contribution in [-0.2, 0) is 14.4 Å². The molecule has 0 saturated heterocycles. The molecule has 8 atom stereocenters. The van der Waals surface area contributed by atoms with Crippen molar-refractivity contribution in [3.05, 3.63) is 51.6 Å². The van der Waals surface area contributed by atoms with Gasteiger partial charge >= 0.3 is 5.97 Å². The highest BCUT2D eigenvalue weighted by Gasteiger charge is 2.63. The third-order valence-electron chi connectivity index (χ3n) is 11.1. The average molecular weight is 594 g/mol. The summed E-state index contributed by atoms with van der Waals surface area (Å²) in [5.41, 5.74) is 0.464. The zero-order chi connectivity index (χ0) is 31.2. The normalized spacial score (nSPS) is 35.3. The van der Waals surface area contributed by atoms with E-state index in [4.69, 9.17) is 11.3 Å². The number of nitro benzene ring substituents is 1. The first kappa shape index (κ1) is 30.7. The second kappa shape index (κ2) is 11.4. The minimum atomic E-state index is -1.74. The summed E-state index contributed by atoms with van der Waals surface area (Å²) in [7, 11) is 0. The number of terminal acetylenes is 1. The summed E-state index contributed by atoms with van der Waals surface area (Å²) in [6, 6.07) is 3.20. The number of nitrogens with zero attached hydrogens (tertiary/aromatic N) is 2. The van der Waals surface area contributed by atoms with E-state index >= 15 is 0 Å². The highest BCUT2D eigenvalue weighted by molar-refractivity contribution is 5.96. The van der Waals surface area contributed by atoms with Crippen molar-refractivity contribution in [2.45, 2.75) is 83.0 Å². The number of carboxylic acid groups (broad SMARTS) is 1. The van der Waals surface area contributed by atoms with Crippen molar-refractivity contribution in [2.24, 2.45) is 33.7 Å². The van der Waals surface area contributed by atoms with Gasteiger partial charge in [-0.25, -0.2) is 4.79 Å². The van der Waals surface area contributed by atoms with Gasteiger partial charge in [0, 0.05) is 17.5 Å². The fraction of sp³-hybridized carbons (Fsp3) is 0.594. The van der Waals surface area contributed by atoms with Crippen LogP contribution in [0, 0.1) is 51.0 Å². The molecule has 1 aromatic carbocycles. The largest absolute Gasteiger partial charge is 0.480 e. The van der Waals surface area contributed by atoms with Crippen LogP contribution >= 0.6 is 0 Å². The molecule has 0 heterocycles. The van der Waals surface area contributed by atoms with E-state index in [-0.39, 0.29) is 22.1 Å². The number of carboxylic acids is 1. The predicted molar refractivity (Wildman–Crippen MR) is 156 cm³/mol. The molecule has 0 aliphatic heterocycles. The fourth-order valence-corrected chi connectivity index (χ4v) is 8.58. The Morgan fingerprint density at radius 1 is 1.21 bits per heavy atom. The molecule has 1 amide bonds. The van der Waals surface area contributed by atoms with Gasteiger partial charge in [0.2, 0.25) is 0 Å². The summed E-state index contributed by atoms with van der Waals surface area (Å²) < 4.78 is 0. The second-order valence-corrected chi connectivity index (χ2v) is 13.0. The number of benzene rings is 1. The number of carbonyl (C=O) groups excluding carboxylic acids is 1. The van der Waals surface area contributed by atoms with Crippen LogP contribution in [0.4, 0.5) is 5.69 Å². The lowest BCUT2D eigenvalue weighted by Crippen LogP contribution is -2.54. The number of allylic oxidation sites excluding steroid dienone is 2. The van der Waals surface area contributed by atoms with E-state index in [1.54, 1.807) is 0 Å². The summed E-state index contributed by atoms with van der Waals surface area (Å²) in [5.74, 6) is 1.85. The molecule has 5 rings (SSSR count). The Balaban J connectivity index is 1.21. The van der Waals surface area contributed by atoms with Crippen LogP contribution in [0.1, 0.15) is 76.9 Å². The number of aliphatic carboxylic acids is 1. The first-order chi connectivity index (χ1) is 20.3. The van der Waals surface area contributed by atoms with E-state index in [1.165, 1.54) is 23.8 Å². The van der Waals surface area contributed by atoms with Crippen LogP contribution in [0.15, 0.2) is 41.1 Å². The second-order valence-electron chi connectivity index (χ2n) is 13.0. The van der Waals surface area contributed by atoms with Crippen molar-refractivity contribution >= 4 is 23.3 Å². The Hall–Kier alpha value is -3.75. The van der Waals surface area contributed by atoms with E-state index in [2.05, 4.69) is 36.3 Å². The lowest BCUT2D eigenvalue weighted by Gasteiger charge is -2.58. The molecule has 43 heavy (non-hydrogen) atoms. The minimum absolute atomic E-state index is 0.0167. The molecule has 0 aromatic heterocycles. The van der Waals surface area contributed by atoms with Gasteiger partial charge in [0.05, 0.1) is 10.6 Å². The van der Waals surface area contributed by atoms with Gasteiger partial charge in [-0.05, 0) is 86.2 Å². The molecule has 4 aliphatic rings. The summed E-state index contributed by atoms with van der Waals surface area (Å²) in [4.78, 5) is 39.9. The Labute approximate surface area is 250 Å². The molecule has 0 bridgehead atoms. The van der Waals surface area contributed by atoms with Crippen LogP contribution in [0.2, 0.25) is 0 Å². The van der Waals surface area contributed by atoms with Gasteiger partial charge in [-0.1, -0.05) is 42.6 Å². The van der Waals surface area contributed by atoms with Gasteiger partial charge in [-0.3, -0.25) is 14.9 Å². The predicted octanol–water partition coefficient (Wildman–Crippen LogP) is 3.90. The number of amides is 1. The molecule has 0 radical (unpaired) electrons. The number of carbonyl (C=O) groups is 2. The Bertz CT molecular complexity index is 1420. The molecule has 3 saturated carbocycles. The lowest BCUT2D eigenvalue weighted by molar-refractivity contribution is -0.385. The number of hydrogen-bond acceptors (Lipinski definition) is 8. The lowest BCUT2D eigenvalue weighted by atomic mass is 9.46. The zero-order valence-corrected chi connectivity index (χ0v) is 24.5. The molecule has 0 unspecified atom stereocenters. The van der Waals surface area contributed by atoms with E-state index in [9.17, 15) is 35.0 Å². The molecule has 4 N–H and O–H groups in total. The summed E-state index contributed by atoms with van der Waals surface area (Å²) in [5, 5.41) is 48.7. The van der Waals surface area contributed by atoms with Crippen molar-refractivity contribution in [3.63, 3.8) is 0 Å². The first-order valence-electron chi connectivity index (χ1n) is 14.9. The summed E-state index contributed by atoms with van der Waals surface area (Å²) >= 11 is 0. The topological polar surface area (TPSA) is 172 Å². The maximum atomic E-state index is 12.5. The number of rotatable bonds is 8. The third kappa shape index (κ3) is 5.31. The highest BCUT2D eigenvalue weighted by Crippen LogP contribution is 2.67. The number of nitro groups is 1. The minimum Gasteiger partial charge on any atom is -0.480 e. The van der Waals surface area contributed by atoms with Gasteiger partial charge in [0.25, 0.3) is 11.6 Å². The standard InChI is InChI=1S/C32H39N3O8/c1-4-32(40)15-12-25-23-9-8-20-17-21(10-13-30(20,2)24(23)11-14-31(25,32)3)34-43-18-26(36)33-27(29(38)39)28(37)19-6-5-7-22(16-19)35(41)42/h1,5-7,16-17,23-25,27-28,37,40H,8-15,18H2,2-3H3,(H,33,36)(H,38,39)/b34-21-/t23-,24+,25-,27+,28-,30+,31+,32+/m1/s1. The maximum Gasteiger partial charge on any atom is 0.329 e. The first-order valence-corrected chi connectivity index (χ1v) is 14.9. The zero-order valence-electron chi connectivity index (χ0n) is 24.5. The smallest absolute Gasteiger partial charge is 0.329 e. The van der Waals surface area contributed by atoms with Crippen LogP contribution < -0.4 is 5.32 Å². The number of aliphatic hydroxyl groups excluding tert-OH is 1. The number of non-ortho nitro benzene ring substituents is 1. The summed E-state index contributed by atoms with van der Waals surface area (Å²) in [6.45, 7) is 3.96. The number of aliphatic hydroxyl groups is 2. The van der Waals surface area contributed by atoms with E-state index < -0.39 is 41.2 Å². The number of fused-ring (bicyclic) bond motifs is 5.